The number of thiazole rings is 1. The fourth-order valence-corrected chi connectivity index (χ4v) is 2.91. The second kappa shape index (κ2) is 7.87. The predicted molar refractivity (Wildman–Crippen MR) is 89.8 cm³/mol. The van der Waals surface area contributed by atoms with Gasteiger partial charge in [-0.1, -0.05) is 12.1 Å². The summed E-state index contributed by atoms with van der Waals surface area (Å²) in [5.74, 6) is -0.922. The quantitative estimate of drug-likeness (QED) is 0.846. The lowest BCUT2D eigenvalue weighted by Crippen LogP contribution is -2.39. The number of amides is 1. The molecule has 0 aliphatic carbocycles. The van der Waals surface area contributed by atoms with Gasteiger partial charge < -0.3 is 10.0 Å². The molecule has 0 radical (unpaired) electrons. The van der Waals surface area contributed by atoms with Crippen molar-refractivity contribution in [1.29, 1.82) is 0 Å². The van der Waals surface area contributed by atoms with Gasteiger partial charge >= 0.3 is 5.97 Å². The zero-order valence-electron chi connectivity index (χ0n) is 13.2. The minimum Gasteiger partial charge on any atom is -0.478 e. The summed E-state index contributed by atoms with van der Waals surface area (Å²) >= 11 is 1.59. The number of carboxylic acid groups (broad SMARTS) is 1. The third kappa shape index (κ3) is 4.89. The van der Waals surface area contributed by atoms with Gasteiger partial charge in [0.25, 0.3) is 0 Å². The summed E-state index contributed by atoms with van der Waals surface area (Å²) in [6.45, 7) is 4.62. The van der Waals surface area contributed by atoms with E-state index in [1.54, 1.807) is 29.7 Å². The van der Waals surface area contributed by atoms with E-state index in [1.165, 1.54) is 12.1 Å². The standard InChI is InChI=1S/C17H20N2O3S/c1-12(2)19(9-7-15-18-8-10-23-15)16(20)11-13-3-5-14(6-4-13)17(21)22/h3-6,8,10,12H,7,9,11H2,1-2H3,(H,21,22). The Morgan fingerprint density at radius 2 is 1.96 bits per heavy atom. The van der Waals surface area contributed by atoms with Crippen LogP contribution < -0.4 is 0 Å². The van der Waals surface area contributed by atoms with Gasteiger partial charge in [0, 0.05) is 30.6 Å². The molecule has 0 atom stereocenters. The Bertz CT molecular complexity index is 651. The molecule has 2 rings (SSSR count). The Morgan fingerprint density at radius 1 is 1.26 bits per heavy atom. The molecule has 0 aliphatic rings. The highest BCUT2D eigenvalue weighted by Gasteiger charge is 2.17. The normalized spacial score (nSPS) is 10.7. The average Bonchev–Trinajstić information content (AvgIpc) is 3.01. The van der Waals surface area contributed by atoms with Crippen molar-refractivity contribution in [3.63, 3.8) is 0 Å². The fourth-order valence-electron chi connectivity index (χ4n) is 2.30. The van der Waals surface area contributed by atoms with Gasteiger partial charge in [0.05, 0.1) is 17.0 Å². The number of aromatic nitrogens is 1. The predicted octanol–water partition coefficient (Wildman–Crippen LogP) is 2.86. The van der Waals surface area contributed by atoms with Crippen molar-refractivity contribution in [2.45, 2.75) is 32.7 Å². The van der Waals surface area contributed by atoms with E-state index in [1.807, 2.05) is 24.1 Å². The molecule has 2 aromatic rings. The van der Waals surface area contributed by atoms with E-state index in [-0.39, 0.29) is 23.9 Å². The molecular formula is C17H20N2O3S. The molecule has 5 nitrogen and oxygen atoms in total. The Hall–Kier alpha value is -2.21. The first-order chi connectivity index (χ1) is 11.0. The van der Waals surface area contributed by atoms with E-state index in [2.05, 4.69) is 4.98 Å². The molecule has 0 unspecified atom stereocenters. The Balaban J connectivity index is 1.98. The van der Waals surface area contributed by atoms with E-state index in [9.17, 15) is 9.59 Å². The molecule has 0 spiro atoms. The van der Waals surface area contributed by atoms with E-state index >= 15 is 0 Å². The highest BCUT2D eigenvalue weighted by molar-refractivity contribution is 7.09. The largest absolute Gasteiger partial charge is 0.478 e. The van der Waals surface area contributed by atoms with Crippen LogP contribution in [0.1, 0.15) is 34.8 Å². The van der Waals surface area contributed by atoms with Gasteiger partial charge in [-0.15, -0.1) is 11.3 Å². The van der Waals surface area contributed by atoms with E-state index in [0.29, 0.717) is 6.54 Å². The summed E-state index contributed by atoms with van der Waals surface area (Å²) in [6, 6.07) is 6.56. The van der Waals surface area contributed by atoms with Crippen LogP contribution in [0.3, 0.4) is 0 Å². The van der Waals surface area contributed by atoms with E-state index < -0.39 is 5.97 Å². The van der Waals surface area contributed by atoms with Gasteiger partial charge in [-0.2, -0.15) is 0 Å². The van der Waals surface area contributed by atoms with Crippen LogP contribution in [0, 0.1) is 0 Å². The van der Waals surface area contributed by atoms with Crippen molar-refractivity contribution in [3.8, 4) is 0 Å². The van der Waals surface area contributed by atoms with Gasteiger partial charge in [0.2, 0.25) is 5.91 Å². The first-order valence-corrected chi connectivity index (χ1v) is 8.35. The molecule has 0 aliphatic heterocycles. The Kier molecular flexibility index (Phi) is 5.87. The second-order valence-electron chi connectivity index (χ2n) is 5.54. The van der Waals surface area contributed by atoms with Gasteiger partial charge in [-0.05, 0) is 31.5 Å². The van der Waals surface area contributed by atoms with Crippen molar-refractivity contribution in [2.24, 2.45) is 0 Å². The number of hydrogen-bond donors (Lipinski definition) is 1. The van der Waals surface area contributed by atoms with Gasteiger partial charge in [-0.3, -0.25) is 4.79 Å². The molecule has 1 aromatic heterocycles. The Morgan fingerprint density at radius 3 is 2.48 bits per heavy atom. The van der Waals surface area contributed by atoms with Crippen LogP contribution >= 0.6 is 11.3 Å². The Labute approximate surface area is 139 Å². The molecule has 1 N–H and O–H groups in total. The number of benzene rings is 1. The number of rotatable bonds is 7. The van der Waals surface area contributed by atoms with Crippen molar-refractivity contribution in [1.82, 2.24) is 9.88 Å². The number of hydrogen-bond acceptors (Lipinski definition) is 4. The minimum atomic E-state index is -0.963. The van der Waals surface area contributed by atoms with Crippen molar-refractivity contribution >= 4 is 23.2 Å². The molecule has 0 fully saturated rings. The smallest absolute Gasteiger partial charge is 0.335 e. The summed E-state index contributed by atoms with van der Waals surface area (Å²) in [5.41, 5.74) is 1.05. The number of nitrogens with zero attached hydrogens (tertiary/aromatic N) is 2. The molecule has 122 valence electrons. The second-order valence-corrected chi connectivity index (χ2v) is 6.51. The number of carbonyl (C=O) groups excluding carboxylic acids is 1. The molecule has 0 saturated heterocycles. The summed E-state index contributed by atoms with van der Waals surface area (Å²) in [4.78, 5) is 29.5. The lowest BCUT2D eigenvalue weighted by molar-refractivity contribution is -0.132. The summed E-state index contributed by atoms with van der Waals surface area (Å²) in [7, 11) is 0. The SMILES string of the molecule is CC(C)N(CCc1nccs1)C(=O)Cc1ccc(C(=O)O)cc1. The third-order valence-electron chi connectivity index (χ3n) is 3.55. The zero-order valence-corrected chi connectivity index (χ0v) is 14.0. The van der Waals surface area contributed by atoms with Crippen LogP contribution in [0.15, 0.2) is 35.8 Å². The first-order valence-electron chi connectivity index (χ1n) is 7.47. The zero-order chi connectivity index (χ0) is 16.8. The monoisotopic (exact) mass is 332 g/mol. The van der Waals surface area contributed by atoms with Crippen molar-refractivity contribution < 1.29 is 14.7 Å². The van der Waals surface area contributed by atoms with Crippen LogP contribution in [0.2, 0.25) is 0 Å². The van der Waals surface area contributed by atoms with E-state index in [4.69, 9.17) is 5.11 Å². The summed E-state index contributed by atoms with van der Waals surface area (Å²) in [5, 5.41) is 11.9. The fraction of sp³-hybridized carbons (Fsp3) is 0.353. The van der Waals surface area contributed by atoms with Crippen LogP contribution in [0.25, 0.3) is 0 Å². The van der Waals surface area contributed by atoms with Crippen LogP contribution in [-0.2, 0) is 17.6 Å². The molecule has 0 saturated carbocycles. The third-order valence-corrected chi connectivity index (χ3v) is 4.39. The lowest BCUT2D eigenvalue weighted by Gasteiger charge is -2.26. The van der Waals surface area contributed by atoms with Crippen LogP contribution in [0.4, 0.5) is 0 Å². The average molecular weight is 332 g/mol. The molecule has 1 aromatic carbocycles. The maximum absolute atomic E-state index is 12.5. The van der Waals surface area contributed by atoms with Gasteiger partial charge in [-0.25, -0.2) is 9.78 Å². The molecule has 6 heteroatoms. The van der Waals surface area contributed by atoms with Crippen molar-refractivity contribution in [2.75, 3.05) is 6.54 Å². The van der Waals surface area contributed by atoms with Crippen LogP contribution in [-0.4, -0.2) is 39.5 Å². The topological polar surface area (TPSA) is 70.5 Å². The highest BCUT2D eigenvalue weighted by Crippen LogP contribution is 2.11. The lowest BCUT2D eigenvalue weighted by atomic mass is 10.1. The number of carboxylic acids is 1. The minimum absolute atomic E-state index is 0.0413. The molecule has 23 heavy (non-hydrogen) atoms. The van der Waals surface area contributed by atoms with Crippen molar-refractivity contribution in [3.05, 3.63) is 52.0 Å². The first kappa shape index (κ1) is 17.1. The molecular weight excluding hydrogens is 312 g/mol. The van der Waals surface area contributed by atoms with Gasteiger partial charge in [0.15, 0.2) is 0 Å². The summed E-state index contributed by atoms with van der Waals surface area (Å²) < 4.78 is 0. The van der Waals surface area contributed by atoms with Crippen LogP contribution in [0.5, 0.6) is 0 Å². The maximum Gasteiger partial charge on any atom is 0.335 e. The maximum atomic E-state index is 12.5. The van der Waals surface area contributed by atoms with Gasteiger partial charge in [0.1, 0.15) is 0 Å². The molecule has 1 heterocycles. The highest BCUT2D eigenvalue weighted by atomic mass is 32.1. The molecule has 1 amide bonds. The number of aromatic carboxylic acids is 1. The molecule has 0 bridgehead atoms. The summed E-state index contributed by atoms with van der Waals surface area (Å²) in [6.07, 6.45) is 2.79. The number of carbonyl (C=O) groups is 2. The van der Waals surface area contributed by atoms with E-state index in [0.717, 1.165) is 17.0 Å².